The molecule has 38 heavy (non-hydrogen) atoms. The summed E-state index contributed by atoms with van der Waals surface area (Å²) < 4.78 is 42.1. The lowest BCUT2D eigenvalue weighted by molar-refractivity contribution is -0.174. The van der Waals surface area contributed by atoms with Gasteiger partial charge >= 0.3 is 12.1 Å². The number of nitrogens with zero attached hydrogens (tertiary/aromatic N) is 2. The van der Waals surface area contributed by atoms with Crippen LogP contribution in [0, 0.1) is 5.41 Å². The van der Waals surface area contributed by atoms with Gasteiger partial charge in [0.05, 0.1) is 36.0 Å². The largest absolute Gasteiger partial charge is 0.481 e. The van der Waals surface area contributed by atoms with Gasteiger partial charge in [0.15, 0.2) is 0 Å². The normalized spacial score (nSPS) is 22.8. The van der Waals surface area contributed by atoms with E-state index in [1.165, 1.54) is 24.1 Å². The van der Waals surface area contributed by atoms with Gasteiger partial charge in [-0.15, -0.1) is 0 Å². The quantitative estimate of drug-likeness (QED) is 0.320. The first-order valence-electron chi connectivity index (χ1n) is 11.9. The van der Waals surface area contributed by atoms with E-state index in [9.17, 15) is 27.9 Å². The van der Waals surface area contributed by atoms with Gasteiger partial charge < -0.3 is 10.0 Å². The van der Waals surface area contributed by atoms with Gasteiger partial charge in [-0.05, 0) is 53.9 Å². The lowest BCUT2D eigenvalue weighted by Crippen LogP contribution is -2.54. The van der Waals surface area contributed by atoms with Crippen molar-refractivity contribution in [2.75, 3.05) is 0 Å². The fraction of sp³-hybridized carbons (Fsp3) is 0.321. The van der Waals surface area contributed by atoms with E-state index < -0.39 is 54.3 Å². The first kappa shape index (κ1) is 27.9. The highest BCUT2D eigenvalue weighted by Gasteiger charge is 2.54. The lowest BCUT2D eigenvalue weighted by atomic mass is 9.67. The highest BCUT2D eigenvalue weighted by molar-refractivity contribution is 6.30. The molecule has 0 radical (unpaired) electrons. The fourth-order valence-electron chi connectivity index (χ4n) is 5.36. The molecule has 0 saturated carbocycles. The predicted molar refractivity (Wildman–Crippen MR) is 138 cm³/mol. The van der Waals surface area contributed by atoms with Gasteiger partial charge in [-0.3, -0.25) is 14.6 Å². The predicted octanol–water partition coefficient (Wildman–Crippen LogP) is 7.62. The molecule has 0 aliphatic carbocycles. The van der Waals surface area contributed by atoms with Crippen molar-refractivity contribution in [3.63, 3.8) is 0 Å². The molecule has 4 rings (SSSR count). The molecule has 5 nitrogen and oxygen atoms in total. The molecule has 10 heteroatoms. The second kappa shape index (κ2) is 10.9. The number of rotatable bonds is 7. The van der Waals surface area contributed by atoms with Crippen LogP contribution in [-0.2, 0) is 9.59 Å². The summed E-state index contributed by atoms with van der Waals surface area (Å²) in [7, 11) is 0. The number of carboxylic acids is 1. The van der Waals surface area contributed by atoms with Crippen LogP contribution in [0.5, 0.6) is 0 Å². The Kier molecular flexibility index (Phi) is 8.04. The van der Waals surface area contributed by atoms with E-state index in [-0.39, 0.29) is 12.1 Å². The number of carboxylic acid groups (broad SMARTS) is 1. The Morgan fingerprint density at radius 3 is 2.37 bits per heavy atom. The first-order valence-corrected chi connectivity index (χ1v) is 12.7. The molecule has 4 atom stereocenters. The van der Waals surface area contributed by atoms with Gasteiger partial charge in [0.25, 0.3) is 0 Å². The van der Waals surface area contributed by atoms with Gasteiger partial charge in [-0.2, -0.15) is 13.2 Å². The Morgan fingerprint density at radius 2 is 1.79 bits per heavy atom. The van der Waals surface area contributed by atoms with Gasteiger partial charge in [-0.1, -0.05) is 60.5 Å². The molecule has 0 bridgehead atoms. The molecular formula is C28H25Cl2F3N2O3. The van der Waals surface area contributed by atoms with Crippen LogP contribution in [0.2, 0.25) is 10.0 Å². The van der Waals surface area contributed by atoms with Gasteiger partial charge in [-0.25, -0.2) is 0 Å². The zero-order chi connectivity index (χ0) is 27.7. The third kappa shape index (κ3) is 6.13. The molecule has 2 heterocycles. The average Bonchev–Trinajstić information content (AvgIpc) is 2.84. The number of aliphatic carboxylic acids is 1. The minimum absolute atomic E-state index is 0.0570. The van der Waals surface area contributed by atoms with Crippen molar-refractivity contribution in [2.45, 2.75) is 50.4 Å². The summed E-state index contributed by atoms with van der Waals surface area (Å²) >= 11 is 12.4. The fourth-order valence-corrected chi connectivity index (χ4v) is 5.69. The van der Waals surface area contributed by atoms with E-state index in [4.69, 9.17) is 23.2 Å². The van der Waals surface area contributed by atoms with Crippen LogP contribution in [0.1, 0.15) is 61.0 Å². The number of hydrogen-bond donors (Lipinski definition) is 1. The van der Waals surface area contributed by atoms with E-state index in [1.807, 2.05) is 0 Å². The van der Waals surface area contributed by atoms with Gasteiger partial charge in [0, 0.05) is 22.2 Å². The van der Waals surface area contributed by atoms with Crippen LogP contribution >= 0.6 is 23.2 Å². The number of halogens is 5. The van der Waals surface area contributed by atoms with Crippen molar-refractivity contribution < 1.29 is 27.9 Å². The van der Waals surface area contributed by atoms with E-state index >= 15 is 0 Å². The number of likely N-dealkylation sites (tertiary alicyclic amines) is 1. The number of carbonyl (C=O) groups excluding carboxylic acids is 1. The first-order chi connectivity index (χ1) is 17.9. The Balaban J connectivity index is 1.99. The smallest absolute Gasteiger partial charge is 0.391 e. The van der Waals surface area contributed by atoms with Crippen molar-refractivity contribution in [3.8, 4) is 0 Å². The minimum atomic E-state index is -4.64. The monoisotopic (exact) mass is 564 g/mol. The van der Waals surface area contributed by atoms with Crippen molar-refractivity contribution in [1.29, 1.82) is 0 Å². The number of piperidine rings is 1. The highest BCUT2D eigenvalue weighted by Crippen LogP contribution is 2.54. The number of alkyl halides is 3. The molecule has 1 aliphatic rings. The topological polar surface area (TPSA) is 70.5 Å². The summed E-state index contributed by atoms with van der Waals surface area (Å²) in [6.07, 6.45) is -5.09. The van der Waals surface area contributed by atoms with E-state index in [0.29, 0.717) is 21.2 Å². The number of hydrogen-bond acceptors (Lipinski definition) is 3. The van der Waals surface area contributed by atoms with Crippen molar-refractivity contribution in [1.82, 2.24) is 9.88 Å². The summed E-state index contributed by atoms with van der Waals surface area (Å²) in [4.78, 5) is 31.4. The van der Waals surface area contributed by atoms with E-state index in [1.54, 1.807) is 60.7 Å². The van der Waals surface area contributed by atoms with E-state index in [0.717, 1.165) is 0 Å². The number of benzene rings is 2. The van der Waals surface area contributed by atoms with Crippen molar-refractivity contribution >= 4 is 35.1 Å². The van der Waals surface area contributed by atoms with E-state index in [2.05, 4.69) is 4.98 Å². The van der Waals surface area contributed by atoms with Crippen molar-refractivity contribution in [2.24, 2.45) is 5.41 Å². The summed E-state index contributed by atoms with van der Waals surface area (Å²) in [5.74, 6) is -2.48. The highest BCUT2D eigenvalue weighted by atomic mass is 35.5. The zero-order valence-electron chi connectivity index (χ0n) is 20.3. The van der Waals surface area contributed by atoms with Crippen molar-refractivity contribution in [3.05, 3.63) is 99.8 Å². The van der Waals surface area contributed by atoms with Crippen LogP contribution in [0.25, 0.3) is 0 Å². The Morgan fingerprint density at radius 1 is 1.08 bits per heavy atom. The summed E-state index contributed by atoms with van der Waals surface area (Å²) in [5, 5.41) is 10.5. The average molecular weight is 565 g/mol. The van der Waals surface area contributed by atoms with Crippen LogP contribution in [-0.4, -0.2) is 33.0 Å². The van der Waals surface area contributed by atoms with Gasteiger partial charge in [0.2, 0.25) is 5.91 Å². The lowest BCUT2D eigenvalue weighted by Gasteiger charge is -2.51. The number of carbonyl (C=O) groups is 2. The zero-order valence-corrected chi connectivity index (χ0v) is 21.8. The molecule has 1 unspecified atom stereocenters. The van der Waals surface area contributed by atoms with Crippen LogP contribution in [0.4, 0.5) is 13.2 Å². The molecule has 1 amide bonds. The SMILES string of the molecule is C[C@]1(CC(=O)O)C[C@H](c2cccc(Cl)c2)[C@@H](c2ccc(Cl)cc2)N(C(CC(F)(F)F)c2ccccn2)C1=O. The molecule has 1 aliphatic heterocycles. The molecule has 2 aromatic carbocycles. The third-order valence-electron chi connectivity index (χ3n) is 6.92. The molecule has 3 aromatic rings. The number of pyridine rings is 1. The maximum absolute atomic E-state index is 14.2. The summed E-state index contributed by atoms with van der Waals surface area (Å²) in [6, 6.07) is 15.6. The number of amides is 1. The molecule has 1 saturated heterocycles. The maximum Gasteiger partial charge on any atom is 0.391 e. The molecular weight excluding hydrogens is 540 g/mol. The molecule has 1 aromatic heterocycles. The van der Waals surface area contributed by atoms with Crippen LogP contribution in [0.3, 0.4) is 0 Å². The van der Waals surface area contributed by atoms with Crippen LogP contribution in [0.15, 0.2) is 72.9 Å². The second-order valence-electron chi connectivity index (χ2n) is 9.80. The molecule has 0 spiro atoms. The summed E-state index contributed by atoms with van der Waals surface area (Å²) in [5.41, 5.74) is -0.187. The molecule has 1 N–H and O–H groups in total. The third-order valence-corrected chi connectivity index (χ3v) is 7.41. The van der Waals surface area contributed by atoms with Gasteiger partial charge in [0.1, 0.15) is 0 Å². The Labute approximate surface area is 228 Å². The second-order valence-corrected chi connectivity index (χ2v) is 10.7. The minimum Gasteiger partial charge on any atom is -0.481 e. The Bertz CT molecular complexity index is 1300. The molecule has 200 valence electrons. The van der Waals surface area contributed by atoms with Crippen LogP contribution < -0.4 is 0 Å². The Hall–Kier alpha value is -3.10. The summed E-state index contributed by atoms with van der Waals surface area (Å²) in [6.45, 7) is 1.50. The maximum atomic E-state index is 14.2. The molecule has 1 fully saturated rings. The standard InChI is InChI=1S/C28H25Cl2F3N2O3/c1-27(16-24(36)37)14-21(18-5-4-6-20(30)13-18)25(17-8-10-19(29)11-9-17)35(26(27)38)23(15-28(31,32)33)22-7-2-3-12-34-22/h2-13,21,23,25H,14-16H2,1H3,(H,36,37)/t21-,23?,25-,27-/m1/s1. The number of aromatic nitrogens is 1.